The summed E-state index contributed by atoms with van der Waals surface area (Å²) in [6.07, 6.45) is 1.33. The number of nitrogens with zero attached hydrogens (tertiary/aromatic N) is 2. The number of anilines is 1. The van der Waals surface area contributed by atoms with E-state index in [1.165, 1.54) is 5.01 Å². The van der Waals surface area contributed by atoms with E-state index in [-0.39, 0.29) is 23.7 Å². The van der Waals surface area contributed by atoms with Crippen molar-refractivity contribution in [3.8, 4) is 0 Å². The molecule has 1 saturated carbocycles. The van der Waals surface area contributed by atoms with E-state index in [9.17, 15) is 9.59 Å². The zero-order valence-electron chi connectivity index (χ0n) is 10.5. The average Bonchev–Trinajstić information content (AvgIpc) is 3.09. The van der Waals surface area contributed by atoms with Gasteiger partial charge in [0.05, 0.1) is 12.1 Å². The number of nitrogens with one attached hydrogen (secondary N) is 1. The van der Waals surface area contributed by atoms with E-state index in [0.29, 0.717) is 6.42 Å². The second-order valence-electron chi connectivity index (χ2n) is 5.39. The summed E-state index contributed by atoms with van der Waals surface area (Å²) < 4.78 is 0. The molecule has 1 aromatic rings. The quantitative estimate of drug-likeness (QED) is 0.813. The first-order valence-corrected chi connectivity index (χ1v) is 6.42. The Morgan fingerprint density at radius 3 is 3.00 bits per heavy atom. The Labute approximate surface area is 110 Å². The van der Waals surface area contributed by atoms with Gasteiger partial charge in [-0.1, -0.05) is 6.07 Å². The Kier molecular flexibility index (Phi) is 1.94. The van der Waals surface area contributed by atoms with E-state index in [0.717, 1.165) is 28.9 Å². The molecule has 96 valence electrons. The maximum Gasteiger partial charge on any atom is 0.246 e. The van der Waals surface area contributed by atoms with Gasteiger partial charge >= 0.3 is 0 Å². The monoisotopic (exact) mass is 255 g/mol. The maximum absolute atomic E-state index is 11.7. The van der Waals surface area contributed by atoms with E-state index in [1.807, 2.05) is 18.2 Å². The van der Waals surface area contributed by atoms with E-state index in [2.05, 4.69) is 10.4 Å². The summed E-state index contributed by atoms with van der Waals surface area (Å²) in [5.41, 5.74) is 3.92. The lowest BCUT2D eigenvalue weighted by molar-refractivity contribution is -0.131. The van der Waals surface area contributed by atoms with Gasteiger partial charge < -0.3 is 5.32 Å². The molecule has 19 heavy (non-hydrogen) atoms. The first-order chi connectivity index (χ1) is 9.13. The van der Waals surface area contributed by atoms with Gasteiger partial charge in [0.1, 0.15) is 0 Å². The molecule has 0 radical (unpaired) electrons. The second kappa shape index (κ2) is 3.44. The van der Waals surface area contributed by atoms with Crippen molar-refractivity contribution in [1.82, 2.24) is 5.01 Å². The smallest absolute Gasteiger partial charge is 0.246 e. The summed E-state index contributed by atoms with van der Waals surface area (Å²) in [6, 6.07) is 5.92. The lowest BCUT2D eigenvalue weighted by Crippen LogP contribution is -2.31. The molecule has 5 nitrogen and oxygen atoms in total. The normalized spacial score (nSPS) is 27.6. The third kappa shape index (κ3) is 1.51. The van der Waals surface area contributed by atoms with Gasteiger partial charge in [0, 0.05) is 24.6 Å². The summed E-state index contributed by atoms with van der Waals surface area (Å²) in [5, 5.41) is 8.66. The Morgan fingerprint density at radius 2 is 2.16 bits per heavy atom. The fourth-order valence-corrected chi connectivity index (χ4v) is 2.96. The van der Waals surface area contributed by atoms with Gasteiger partial charge in [0.2, 0.25) is 11.8 Å². The molecular formula is C14H13N3O2. The average molecular weight is 255 g/mol. The molecule has 2 atom stereocenters. The SMILES string of the molecule is CN1N=C(c2ccc3c(c2)CC(=O)N3)C2CC2C1=O. The van der Waals surface area contributed by atoms with E-state index < -0.39 is 0 Å². The van der Waals surface area contributed by atoms with Crippen molar-refractivity contribution in [2.75, 3.05) is 12.4 Å². The molecule has 1 N–H and O–H groups in total. The van der Waals surface area contributed by atoms with Crippen molar-refractivity contribution in [2.24, 2.45) is 16.9 Å². The minimum atomic E-state index is 0.0364. The molecule has 0 aromatic heterocycles. The lowest BCUT2D eigenvalue weighted by Gasteiger charge is -2.19. The molecule has 1 aromatic carbocycles. The number of rotatable bonds is 1. The van der Waals surface area contributed by atoms with Crippen LogP contribution < -0.4 is 5.32 Å². The molecule has 1 aliphatic carbocycles. The molecule has 2 heterocycles. The Hall–Kier alpha value is -2.17. The van der Waals surface area contributed by atoms with Gasteiger partial charge in [-0.25, -0.2) is 5.01 Å². The Bertz CT molecular complexity index is 650. The van der Waals surface area contributed by atoms with Crippen LogP contribution in [0.2, 0.25) is 0 Å². The summed E-state index contributed by atoms with van der Waals surface area (Å²) in [6.45, 7) is 0. The number of benzene rings is 1. The highest BCUT2D eigenvalue weighted by Crippen LogP contribution is 2.45. The minimum absolute atomic E-state index is 0.0364. The van der Waals surface area contributed by atoms with Gasteiger partial charge in [0.25, 0.3) is 0 Å². The van der Waals surface area contributed by atoms with Crippen molar-refractivity contribution in [2.45, 2.75) is 12.8 Å². The Balaban J connectivity index is 1.74. The number of hydrazone groups is 1. The summed E-state index contributed by atoms with van der Waals surface area (Å²) in [7, 11) is 1.70. The molecule has 2 aliphatic heterocycles. The number of carbonyl (C=O) groups is 2. The molecular weight excluding hydrogens is 242 g/mol. The maximum atomic E-state index is 11.7. The van der Waals surface area contributed by atoms with Gasteiger partial charge in [-0.15, -0.1) is 0 Å². The zero-order valence-corrected chi connectivity index (χ0v) is 10.5. The van der Waals surface area contributed by atoms with Crippen LogP contribution in [0.5, 0.6) is 0 Å². The van der Waals surface area contributed by atoms with Crippen LogP contribution in [0.15, 0.2) is 23.3 Å². The van der Waals surface area contributed by atoms with Crippen molar-refractivity contribution in [3.63, 3.8) is 0 Å². The molecule has 1 fully saturated rings. The largest absolute Gasteiger partial charge is 0.326 e. The topological polar surface area (TPSA) is 61.8 Å². The Morgan fingerprint density at radius 1 is 1.32 bits per heavy atom. The molecule has 0 spiro atoms. The van der Waals surface area contributed by atoms with E-state index in [1.54, 1.807) is 7.05 Å². The number of amides is 2. The summed E-state index contributed by atoms with van der Waals surface area (Å²) >= 11 is 0. The fourth-order valence-electron chi connectivity index (χ4n) is 2.96. The summed E-state index contributed by atoms with van der Waals surface area (Å²) in [4.78, 5) is 23.1. The number of fused-ring (bicyclic) bond motifs is 2. The van der Waals surface area contributed by atoms with Crippen LogP contribution in [0.1, 0.15) is 17.5 Å². The van der Waals surface area contributed by atoms with Gasteiger partial charge in [-0.3, -0.25) is 9.59 Å². The molecule has 0 saturated heterocycles. The fraction of sp³-hybridized carbons (Fsp3) is 0.357. The van der Waals surface area contributed by atoms with Crippen LogP contribution in [0.3, 0.4) is 0 Å². The van der Waals surface area contributed by atoms with Gasteiger partial charge in [-0.05, 0) is 29.7 Å². The molecule has 3 aliphatic rings. The molecule has 4 rings (SSSR count). The first kappa shape index (κ1) is 10.7. The molecule has 2 unspecified atom stereocenters. The van der Waals surface area contributed by atoms with Crippen molar-refractivity contribution >= 4 is 23.2 Å². The predicted molar refractivity (Wildman–Crippen MR) is 69.7 cm³/mol. The van der Waals surface area contributed by atoms with Crippen molar-refractivity contribution in [3.05, 3.63) is 29.3 Å². The van der Waals surface area contributed by atoms with Crippen LogP contribution >= 0.6 is 0 Å². The zero-order chi connectivity index (χ0) is 13.1. The number of hydrogen-bond acceptors (Lipinski definition) is 3. The highest BCUT2D eigenvalue weighted by molar-refractivity contribution is 6.10. The van der Waals surface area contributed by atoms with Crippen molar-refractivity contribution < 1.29 is 9.59 Å². The van der Waals surface area contributed by atoms with Crippen LogP contribution in [0.25, 0.3) is 0 Å². The predicted octanol–water partition coefficient (Wildman–Crippen LogP) is 0.993. The van der Waals surface area contributed by atoms with Crippen LogP contribution in [-0.2, 0) is 16.0 Å². The number of carbonyl (C=O) groups excluding carboxylic acids is 2. The standard InChI is InChI=1S/C14H13N3O2/c1-17-14(19)10-6-9(10)13(16-17)7-2-3-11-8(4-7)5-12(18)15-11/h2-4,9-10H,5-6H2,1H3,(H,15,18). The third-order valence-electron chi connectivity index (χ3n) is 4.06. The van der Waals surface area contributed by atoms with Crippen LogP contribution in [0, 0.1) is 11.8 Å². The van der Waals surface area contributed by atoms with Gasteiger partial charge in [-0.2, -0.15) is 5.10 Å². The van der Waals surface area contributed by atoms with Crippen LogP contribution in [0.4, 0.5) is 5.69 Å². The molecule has 2 amide bonds. The first-order valence-electron chi connectivity index (χ1n) is 6.42. The summed E-state index contributed by atoms with van der Waals surface area (Å²) in [5.74, 6) is 0.540. The number of hydrogen-bond donors (Lipinski definition) is 1. The third-order valence-corrected chi connectivity index (χ3v) is 4.06. The van der Waals surface area contributed by atoms with E-state index >= 15 is 0 Å². The van der Waals surface area contributed by atoms with Gasteiger partial charge in [0.15, 0.2) is 0 Å². The van der Waals surface area contributed by atoms with Crippen LogP contribution in [-0.4, -0.2) is 29.6 Å². The second-order valence-corrected chi connectivity index (χ2v) is 5.39. The lowest BCUT2D eigenvalue weighted by atomic mass is 10.0. The van der Waals surface area contributed by atoms with Crippen molar-refractivity contribution in [1.29, 1.82) is 0 Å². The molecule has 5 heteroatoms. The minimum Gasteiger partial charge on any atom is -0.326 e. The van der Waals surface area contributed by atoms with E-state index in [4.69, 9.17) is 0 Å². The highest BCUT2D eigenvalue weighted by Gasteiger charge is 2.51. The highest BCUT2D eigenvalue weighted by atomic mass is 16.2. The molecule has 0 bridgehead atoms.